The Kier molecular flexibility index (Phi) is 4.86. The number of imidazole rings is 1. The van der Waals surface area contributed by atoms with Crippen LogP contribution in [0.2, 0.25) is 0 Å². The third kappa shape index (κ3) is 4.17. The maximum atomic E-state index is 12.0. The maximum absolute atomic E-state index is 12.0. The van der Waals surface area contributed by atoms with Gasteiger partial charge >= 0.3 is 0 Å². The first kappa shape index (κ1) is 16.1. The minimum Gasteiger partial charge on any atom is -0.341 e. The second-order valence-corrected chi connectivity index (χ2v) is 5.98. The summed E-state index contributed by atoms with van der Waals surface area (Å²) in [5.41, 5.74) is 3.95. The summed E-state index contributed by atoms with van der Waals surface area (Å²) >= 11 is 0. The summed E-state index contributed by atoms with van der Waals surface area (Å²) in [4.78, 5) is 25.9. The second-order valence-electron chi connectivity index (χ2n) is 5.98. The van der Waals surface area contributed by atoms with E-state index in [1.807, 2.05) is 19.2 Å². The summed E-state index contributed by atoms with van der Waals surface area (Å²) in [5.74, 6) is 0.890. The van der Waals surface area contributed by atoms with Gasteiger partial charge in [-0.1, -0.05) is 6.07 Å². The SMILES string of the molecule is Cc1ccc2nc(CN(C)CCC(=O)Nc3cccnc3)[nH]c2c1. The quantitative estimate of drug-likeness (QED) is 0.731. The molecule has 2 heterocycles. The predicted molar refractivity (Wildman–Crippen MR) is 94.6 cm³/mol. The van der Waals surface area contributed by atoms with E-state index < -0.39 is 0 Å². The van der Waals surface area contributed by atoms with Gasteiger partial charge in [-0.3, -0.25) is 14.7 Å². The fourth-order valence-corrected chi connectivity index (χ4v) is 2.54. The molecule has 0 aliphatic carbocycles. The topological polar surface area (TPSA) is 73.9 Å². The Morgan fingerprint density at radius 3 is 3.00 bits per heavy atom. The van der Waals surface area contributed by atoms with Crippen molar-refractivity contribution >= 4 is 22.6 Å². The Labute approximate surface area is 140 Å². The molecular formula is C18H21N5O. The van der Waals surface area contributed by atoms with Crippen molar-refractivity contribution in [2.75, 3.05) is 18.9 Å². The fraction of sp³-hybridized carbons (Fsp3) is 0.278. The van der Waals surface area contributed by atoms with Gasteiger partial charge in [0.25, 0.3) is 0 Å². The molecule has 1 amide bonds. The number of aromatic amines is 1. The number of carbonyl (C=O) groups is 1. The highest BCUT2D eigenvalue weighted by Gasteiger charge is 2.09. The van der Waals surface area contributed by atoms with Crippen LogP contribution in [0.5, 0.6) is 0 Å². The van der Waals surface area contributed by atoms with Crippen LogP contribution in [0, 0.1) is 6.92 Å². The summed E-state index contributed by atoms with van der Waals surface area (Å²) in [6.45, 7) is 3.39. The van der Waals surface area contributed by atoms with Crippen molar-refractivity contribution in [3.05, 3.63) is 54.1 Å². The van der Waals surface area contributed by atoms with E-state index in [0.29, 0.717) is 19.5 Å². The molecule has 124 valence electrons. The van der Waals surface area contributed by atoms with Gasteiger partial charge in [-0.25, -0.2) is 4.98 Å². The first-order valence-corrected chi connectivity index (χ1v) is 7.94. The van der Waals surface area contributed by atoms with Gasteiger partial charge in [0, 0.05) is 19.2 Å². The molecular weight excluding hydrogens is 302 g/mol. The van der Waals surface area contributed by atoms with Crippen LogP contribution in [0.25, 0.3) is 11.0 Å². The zero-order chi connectivity index (χ0) is 16.9. The van der Waals surface area contributed by atoms with E-state index in [0.717, 1.165) is 22.5 Å². The van der Waals surface area contributed by atoms with Crippen molar-refractivity contribution < 1.29 is 4.79 Å². The van der Waals surface area contributed by atoms with Crippen molar-refractivity contribution in [2.45, 2.75) is 19.9 Å². The molecule has 6 heteroatoms. The van der Waals surface area contributed by atoms with Crippen LogP contribution < -0.4 is 5.32 Å². The van der Waals surface area contributed by atoms with Crippen LogP contribution in [0.3, 0.4) is 0 Å². The Hall–Kier alpha value is -2.73. The van der Waals surface area contributed by atoms with Gasteiger partial charge < -0.3 is 10.3 Å². The smallest absolute Gasteiger partial charge is 0.225 e. The Morgan fingerprint density at radius 2 is 2.21 bits per heavy atom. The molecule has 6 nitrogen and oxygen atoms in total. The molecule has 0 spiro atoms. The van der Waals surface area contributed by atoms with E-state index in [9.17, 15) is 4.79 Å². The standard InChI is InChI=1S/C18H21N5O/c1-13-5-6-15-16(10-13)22-17(21-15)12-23(2)9-7-18(24)20-14-4-3-8-19-11-14/h3-6,8,10-11H,7,9,12H2,1-2H3,(H,20,24)(H,21,22). The molecule has 1 aromatic carbocycles. The largest absolute Gasteiger partial charge is 0.341 e. The van der Waals surface area contributed by atoms with E-state index >= 15 is 0 Å². The van der Waals surface area contributed by atoms with E-state index in [2.05, 4.69) is 44.2 Å². The molecule has 0 saturated heterocycles. The molecule has 2 N–H and O–H groups in total. The summed E-state index contributed by atoms with van der Waals surface area (Å²) in [6.07, 6.45) is 3.74. The number of H-pyrrole nitrogens is 1. The average molecular weight is 323 g/mol. The average Bonchev–Trinajstić information content (AvgIpc) is 2.95. The van der Waals surface area contributed by atoms with Crippen LogP contribution in [0.4, 0.5) is 5.69 Å². The number of hydrogen-bond acceptors (Lipinski definition) is 4. The molecule has 0 aliphatic heterocycles. The molecule has 3 aromatic rings. The predicted octanol–water partition coefficient (Wildman–Crippen LogP) is 2.73. The lowest BCUT2D eigenvalue weighted by molar-refractivity contribution is -0.116. The first-order valence-electron chi connectivity index (χ1n) is 7.94. The lowest BCUT2D eigenvalue weighted by atomic mass is 10.2. The molecule has 2 aromatic heterocycles. The third-order valence-electron chi connectivity index (χ3n) is 3.77. The normalized spacial score (nSPS) is 11.1. The summed E-state index contributed by atoms with van der Waals surface area (Å²) < 4.78 is 0. The number of rotatable bonds is 6. The molecule has 24 heavy (non-hydrogen) atoms. The van der Waals surface area contributed by atoms with Gasteiger partial charge in [0.15, 0.2) is 0 Å². The molecule has 0 unspecified atom stereocenters. The highest BCUT2D eigenvalue weighted by molar-refractivity contribution is 5.90. The van der Waals surface area contributed by atoms with Crippen molar-refractivity contribution in [2.24, 2.45) is 0 Å². The van der Waals surface area contributed by atoms with Crippen LogP contribution in [-0.2, 0) is 11.3 Å². The van der Waals surface area contributed by atoms with Crippen LogP contribution >= 0.6 is 0 Å². The number of pyridine rings is 1. The van der Waals surface area contributed by atoms with Crippen LogP contribution in [-0.4, -0.2) is 39.4 Å². The first-order chi connectivity index (χ1) is 11.6. The Balaban J connectivity index is 1.51. The van der Waals surface area contributed by atoms with Crippen molar-refractivity contribution in [1.29, 1.82) is 0 Å². The molecule has 3 rings (SSSR count). The number of aryl methyl sites for hydroxylation is 1. The maximum Gasteiger partial charge on any atom is 0.225 e. The highest BCUT2D eigenvalue weighted by atomic mass is 16.1. The number of anilines is 1. The highest BCUT2D eigenvalue weighted by Crippen LogP contribution is 2.14. The molecule has 0 fully saturated rings. The van der Waals surface area contributed by atoms with E-state index in [1.54, 1.807) is 18.5 Å². The zero-order valence-electron chi connectivity index (χ0n) is 13.9. The number of benzene rings is 1. The monoisotopic (exact) mass is 323 g/mol. The lowest BCUT2D eigenvalue weighted by Crippen LogP contribution is -2.24. The van der Waals surface area contributed by atoms with E-state index in [4.69, 9.17) is 0 Å². The number of carbonyl (C=O) groups excluding carboxylic acids is 1. The van der Waals surface area contributed by atoms with Crippen molar-refractivity contribution in [1.82, 2.24) is 19.9 Å². The third-order valence-corrected chi connectivity index (χ3v) is 3.77. The minimum atomic E-state index is -0.0184. The van der Waals surface area contributed by atoms with Crippen LogP contribution in [0.15, 0.2) is 42.7 Å². The lowest BCUT2D eigenvalue weighted by Gasteiger charge is -2.14. The second kappa shape index (κ2) is 7.23. The number of hydrogen-bond donors (Lipinski definition) is 2. The van der Waals surface area contributed by atoms with Gasteiger partial charge in [-0.2, -0.15) is 0 Å². The van der Waals surface area contributed by atoms with E-state index in [1.165, 1.54) is 5.56 Å². The number of nitrogens with one attached hydrogen (secondary N) is 2. The Bertz CT molecular complexity index is 828. The summed E-state index contributed by atoms with van der Waals surface area (Å²) in [5, 5.41) is 2.84. The fourth-order valence-electron chi connectivity index (χ4n) is 2.54. The molecule has 0 bridgehead atoms. The van der Waals surface area contributed by atoms with Gasteiger partial charge in [-0.05, 0) is 43.8 Å². The van der Waals surface area contributed by atoms with Crippen molar-refractivity contribution in [3.8, 4) is 0 Å². The molecule has 0 radical (unpaired) electrons. The molecule has 0 atom stereocenters. The number of nitrogens with zero attached hydrogens (tertiary/aromatic N) is 3. The number of amides is 1. The number of fused-ring (bicyclic) bond motifs is 1. The van der Waals surface area contributed by atoms with Gasteiger partial charge in [0.2, 0.25) is 5.91 Å². The summed E-state index contributed by atoms with van der Waals surface area (Å²) in [6, 6.07) is 9.79. The summed E-state index contributed by atoms with van der Waals surface area (Å²) in [7, 11) is 1.98. The Morgan fingerprint density at radius 1 is 1.33 bits per heavy atom. The van der Waals surface area contributed by atoms with Crippen LogP contribution in [0.1, 0.15) is 17.8 Å². The minimum absolute atomic E-state index is 0.0184. The van der Waals surface area contributed by atoms with Gasteiger partial charge in [0.1, 0.15) is 5.82 Å². The molecule has 0 aliphatic rings. The van der Waals surface area contributed by atoms with Gasteiger partial charge in [0.05, 0.1) is 29.5 Å². The number of aromatic nitrogens is 3. The van der Waals surface area contributed by atoms with Gasteiger partial charge in [-0.15, -0.1) is 0 Å². The zero-order valence-corrected chi connectivity index (χ0v) is 13.9. The molecule has 0 saturated carbocycles. The van der Waals surface area contributed by atoms with Crippen molar-refractivity contribution in [3.63, 3.8) is 0 Å². The van der Waals surface area contributed by atoms with E-state index in [-0.39, 0.29) is 5.91 Å².